The Kier molecular flexibility index (Phi) is 10.1. The van der Waals surface area contributed by atoms with Crippen molar-refractivity contribution in [2.24, 2.45) is 22.4 Å². The van der Waals surface area contributed by atoms with Crippen LogP contribution >= 0.6 is 15.9 Å². The first-order valence-corrected chi connectivity index (χ1v) is 9.10. The summed E-state index contributed by atoms with van der Waals surface area (Å²) in [5, 5.41) is 0. The molecule has 1 saturated carbocycles. The Labute approximate surface area is 183 Å². The van der Waals surface area contributed by atoms with Crippen LogP contribution in [-0.4, -0.2) is 24.2 Å². The van der Waals surface area contributed by atoms with Gasteiger partial charge in [-0.1, -0.05) is 30.7 Å². The molecule has 3 rings (SSSR count). The Bertz CT molecular complexity index is 621. The summed E-state index contributed by atoms with van der Waals surface area (Å²) in [5.74, 6) is 1.58. The van der Waals surface area contributed by atoms with Crippen LogP contribution < -0.4 is 11.5 Å². The summed E-state index contributed by atoms with van der Waals surface area (Å²) in [5.41, 5.74) is 13.2. The van der Waals surface area contributed by atoms with Crippen LogP contribution in [0.15, 0.2) is 51.8 Å². The van der Waals surface area contributed by atoms with Crippen LogP contribution in [0.3, 0.4) is 0 Å². The van der Waals surface area contributed by atoms with E-state index in [1.807, 2.05) is 31.3 Å². The van der Waals surface area contributed by atoms with Crippen LogP contribution in [-0.2, 0) is 0 Å². The minimum atomic E-state index is -0.00907. The van der Waals surface area contributed by atoms with Gasteiger partial charge in [0.1, 0.15) is 5.82 Å². The van der Waals surface area contributed by atoms with E-state index < -0.39 is 0 Å². The van der Waals surface area contributed by atoms with Gasteiger partial charge in [0.2, 0.25) is 0 Å². The maximum atomic E-state index is 5.84. The monoisotopic (exact) mass is 627 g/mol. The zero-order valence-corrected chi connectivity index (χ0v) is 20.6. The molecular formula is C19H26BrN4U-. The van der Waals surface area contributed by atoms with Crippen LogP contribution in [0.5, 0.6) is 0 Å². The third-order valence-corrected chi connectivity index (χ3v) is 4.82. The smallest absolute Gasteiger partial charge is 0.120 e. The quantitative estimate of drug-likeness (QED) is 0.491. The molecule has 0 amide bonds. The summed E-state index contributed by atoms with van der Waals surface area (Å²) in [6.45, 7) is 3.04. The minimum Gasteiger partial charge on any atom is -0.405 e. The zero-order chi connectivity index (χ0) is 17.5. The molecule has 4 N–H and O–H groups in total. The summed E-state index contributed by atoms with van der Waals surface area (Å²) >= 11 is 3.42. The Morgan fingerprint density at radius 3 is 2.52 bits per heavy atom. The Balaban J connectivity index is 0.000000448. The topological polar surface area (TPSA) is 67.6 Å². The molecule has 1 aromatic carbocycles. The van der Waals surface area contributed by atoms with Gasteiger partial charge in [0.25, 0.3) is 0 Å². The number of hydrogen-bond acceptors (Lipinski definition) is 4. The van der Waals surface area contributed by atoms with E-state index in [-0.39, 0.29) is 37.2 Å². The SMILES string of the molecule is CC1CCC1.CN1CC=C(N)N=C(/C=C\N)C1c1[c-]cc(Br)cc1.[U]. The van der Waals surface area contributed by atoms with Gasteiger partial charge in [-0.15, -0.1) is 21.5 Å². The van der Waals surface area contributed by atoms with Crippen molar-refractivity contribution in [2.75, 3.05) is 13.6 Å². The summed E-state index contributed by atoms with van der Waals surface area (Å²) in [7, 11) is 2.02. The van der Waals surface area contributed by atoms with Crippen molar-refractivity contribution in [1.29, 1.82) is 0 Å². The van der Waals surface area contributed by atoms with E-state index in [1.54, 1.807) is 6.08 Å². The minimum absolute atomic E-state index is 0. The van der Waals surface area contributed by atoms with Crippen LogP contribution in [0.25, 0.3) is 0 Å². The number of halogens is 1. The maximum Gasteiger partial charge on any atom is 0.120 e. The molecular weight excluding hydrogens is 602 g/mol. The second kappa shape index (κ2) is 11.2. The van der Waals surface area contributed by atoms with Crippen molar-refractivity contribution in [3.8, 4) is 0 Å². The molecule has 4 nitrogen and oxygen atoms in total. The van der Waals surface area contributed by atoms with Gasteiger partial charge >= 0.3 is 0 Å². The van der Waals surface area contributed by atoms with Crippen molar-refractivity contribution >= 4 is 21.6 Å². The van der Waals surface area contributed by atoms with Gasteiger partial charge in [0.05, 0.1) is 11.8 Å². The number of likely N-dealkylation sites (N-methyl/N-ethyl adjacent to an activating group) is 1. The van der Waals surface area contributed by atoms with Crippen molar-refractivity contribution in [3.05, 3.63) is 58.5 Å². The van der Waals surface area contributed by atoms with E-state index in [0.29, 0.717) is 5.82 Å². The fourth-order valence-electron chi connectivity index (χ4n) is 2.65. The van der Waals surface area contributed by atoms with E-state index in [9.17, 15) is 0 Å². The van der Waals surface area contributed by atoms with Crippen LogP contribution in [0.4, 0.5) is 0 Å². The van der Waals surface area contributed by atoms with Gasteiger partial charge in [0, 0.05) is 37.7 Å². The molecule has 1 heterocycles. The molecule has 1 aliphatic heterocycles. The van der Waals surface area contributed by atoms with Crippen molar-refractivity contribution in [1.82, 2.24) is 4.90 Å². The number of aliphatic imine (C=N–C) groups is 1. The molecule has 1 aliphatic carbocycles. The molecule has 0 aromatic heterocycles. The normalized spacial score (nSPS) is 21.2. The van der Waals surface area contributed by atoms with Gasteiger partial charge < -0.3 is 11.5 Å². The van der Waals surface area contributed by atoms with Gasteiger partial charge in [-0.3, -0.25) is 4.90 Å². The van der Waals surface area contributed by atoms with Gasteiger partial charge in [-0.25, -0.2) is 4.99 Å². The first kappa shape index (κ1) is 22.5. The first-order chi connectivity index (χ1) is 11.5. The van der Waals surface area contributed by atoms with E-state index in [1.165, 1.54) is 25.5 Å². The van der Waals surface area contributed by atoms with Crippen LogP contribution in [0.1, 0.15) is 37.8 Å². The number of nitrogens with zero attached hydrogens (tertiary/aromatic N) is 2. The van der Waals surface area contributed by atoms with Crippen molar-refractivity contribution < 1.29 is 31.1 Å². The average Bonchev–Trinajstić information content (AvgIpc) is 2.67. The average molecular weight is 628 g/mol. The van der Waals surface area contributed by atoms with E-state index in [2.05, 4.69) is 38.8 Å². The summed E-state index contributed by atoms with van der Waals surface area (Å²) < 4.78 is 0.998. The molecule has 1 fully saturated rings. The predicted octanol–water partition coefficient (Wildman–Crippen LogP) is 3.76. The second-order valence-corrected chi connectivity index (χ2v) is 7.28. The number of benzene rings is 1. The van der Waals surface area contributed by atoms with Gasteiger partial charge in [0.15, 0.2) is 0 Å². The zero-order valence-electron chi connectivity index (χ0n) is 14.9. The van der Waals surface area contributed by atoms with E-state index >= 15 is 0 Å². The molecule has 2 aliphatic rings. The molecule has 134 valence electrons. The van der Waals surface area contributed by atoms with Crippen molar-refractivity contribution in [2.45, 2.75) is 32.2 Å². The number of rotatable bonds is 2. The first-order valence-electron chi connectivity index (χ1n) is 8.31. The third kappa shape index (κ3) is 6.94. The fourth-order valence-corrected chi connectivity index (χ4v) is 2.90. The molecule has 25 heavy (non-hydrogen) atoms. The number of nitrogens with two attached hydrogens (primary N) is 2. The Morgan fingerprint density at radius 2 is 2.04 bits per heavy atom. The Hall–Kier alpha value is -0.538. The third-order valence-electron chi connectivity index (χ3n) is 4.32. The molecule has 6 heteroatoms. The second-order valence-electron chi connectivity index (χ2n) is 6.37. The molecule has 0 radical (unpaired) electrons. The molecule has 0 spiro atoms. The summed E-state index contributed by atoms with van der Waals surface area (Å²) in [4.78, 5) is 6.56. The largest absolute Gasteiger partial charge is 0.405 e. The molecule has 1 aromatic rings. The summed E-state index contributed by atoms with van der Waals surface area (Å²) in [6.07, 6.45) is 9.62. The molecule has 0 bridgehead atoms. The molecule has 0 saturated heterocycles. The molecule has 1 atom stereocenters. The number of hydrogen-bond donors (Lipinski definition) is 2. The van der Waals surface area contributed by atoms with Crippen molar-refractivity contribution in [3.63, 3.8) is 0 Å². The summed E-state index contributed by atoms with van der Waals surface area (Å²) in [6, 6.07) is 9.16. The predicted molar refractivity (Wildman–Crippen MR) is 104 cm³/mol. The van der Waals surface area contributed by atoms with Crippen LogP contribution in [0.2, 0.25) is 0 Å². The van der Waals surface area contributed by atoms with E-state index in [0.717, 1.165) is 28.2 Å². The van der Waals surface area contributed by atoms with Gasteiger partial charge in [-0.05, 0) is 31.3 Å². The van der Waals surface area contributed by atoms with Gasteiger partial charge in [-0.2, -0.15) is 24.3 Å². The fraction of sp³-hybridized carbons (Fsp3) is 0.421. The Morgan fingerprint density at radius 1 is 1.36 bits per heavy atom. The maximum absolute atomic E-state index is 5.84. The van der Waals surface area contributed by atoms with Crippen LogP contribution in [0, 0.1) is 43.1 Å². The van der Waals surface area contributed by atoms with E-state index in [4.69, 9.17) is 11.5 Å². The molecule has 1 unspecified atom stereocenters. The standard InChI is InChI=1S/C14H16BrN4.C5H10.U/c1-19-9-7-13(17)18-12(6-8-16)14(19)10-2-4-11(15)5-3-10;1-5-3-2-4-5;/h2,4-8,14H,9,16-17H2,1H3;5H,2-4H2,1H3;/q-1;;/b8-6-;;.